The van der Waals surface area contributed by atoms with Gasteiger partial charge in [0.15, 0.2) is 0 Å². The lowest BCUT2D eigenvalue weighted by Crippen LogP contribution is -2.28. The van der Waals surface area contributed by atoms with Crippen molar-refractivity contribution in [2.24, 2.45) is 0 Å². The molecule has 0 aliphatic rings. The summed E-state index contributed by atoms with van der Waals surface area (Å²) in [5.41, 5.74) is 3.61. The molecule has 1 N–H and O–H groups in total. The third-order valence-electron chi connectivity index (χ3n) is 5.85. The van der Waals surface area contributed by atoms with E-state index in [1.165, 1.54) is 0 Å². The Bertz CT molecular complexity index is 1660. The molecule has 3 aromatic heterocycles. The van der Waals surface area contributed by atoms with Gasteiger partial charge in [-0.05, 0) is 43.2 Å². The molecule has 0 unspecified atom stereocenters. The van der Waals surface area contributed by atoms with Gasteiger partial charge < -0.3 is 14.4 Å². The average molecular weight is 500 g/mol. The third kappa shape index (κ3) is 4.63. The molecule has 0 bridgehead atoms. The summed E-state index contributed by atoms with van der Waals surface area (Å²) in [6.07, 6.45) is 1.54. The molecule has 3 heterocycles. The Morgan fingerprint density at radius 2 is 1.78 bits per heavy atom. The van der Waals surface area contributed by atoms with Crippen molar-refractivity contribution in [3.8, 4) is 22.8 Å². The predicted octanol–water partition coefficient (Wildman–Crippen LogP) is 4.70. The fourth-order valence-corrected chi connectivity index (χ4v) is 4.15. The molecule has 5 aromatic rings. The van der Waals surface area contributed by atoms with E-state index in [2.05, 4.69) is 20.4 Å². The van der Waals surface area contributed by atoms with E-state index in [1.807, 2.05) is 56.3 Å². The van der Waals surface area contributed by atoms with Gasteiger partial charge in [0.05, 0.1) is 5.39 Å². The number of carbonyl (C=O) groups is 1. The quantitative estimate of drug-likeness (QED) is 0.363. The van der Waals surface area contributed by atoms with Crippen LogP contribution in [0.15, 0.2) is 76.2 Å². The first-order chi connectivity index (χ1) is 17.4. The van der Waals surface area contributed by atoms with Crippen molar-refractivity contribution >= 4 is 28.5 Å². The lowest BCUT2D eigenvalue weighted by molar-refractivity contribution is -0.121. The number of nitrogens with one attached hydrogen (secondary N) is 1. The third-order valence-corrected chi connectivity index (χ3v) is 6.22. The molecule has 0 atom stereocenters. The molecule has 180 valence electrons. The predicted molar refractivity (Wildman–Crippen MR) is 138 cm³/mol. The highest BCUT2D eigenvalue weighted by Gasteiger charge is 2.19. The molecule has 0 spiro atoms. The van der Waals surface area contributed by atoms with Crippen LogP contribution in [-0.2, 0) is 17.9 Å². The lowest BCUT2D eigenvalue weighted by Gasteiger charge is -2.13. The molecule has 0 radical (unpaired) electrons. The Balaban J connectivity index is 1.51. The summed E-state index contributed by atoms with van der Waals surface area (Å²) in [5, 5.41) is 7.88. The number of aromatic nitrogens is 4. The first kappa shape index (κ1) is 23.4. The number of rotatable bonds is 6. The zero-order chi connectivity index (χ0) is 25.2. The van der Waals surface area contributed by atoms with Crippen molar-refractivity contribution in [3.05, 3.63) is 98.9 Å². The largest absolute Gasteiger partial charge is 0.350 e. The Labute approximate surface area is 211 Å². The van der Waals surface area contributed by atoms with Gasteiger partial charge in [-0.25, -0.2) is 4.98 Å². The van der Waals surface area contributed by atoms with E-state index < -0.39 is 0 Å². The van der Waals surface area contributed by atoms with E-state index in [1.54, 1.807) is 29.0 Å². The highest BCUT2D eigenvalue weighted by Crippen LogP contribution is 2.24. The summed E-state index contributed by atoms with van der Waals surface area (Å²) >= 11 is 6.20. The van der Waals surface area contributed by atoms with Crippen LogP contribution >= 0.6 is 11.6 Å². The van der Waals surface area contributed by atoms with Gasteiger partial charge in [0, 0.05) is 29.0 Å². The van der Waals surface area contributed by atoms with Crippen LogP contribution in [0.1, 0.15) is 16.8 Å². The normalized spacial score (nSPS) is 11.1. The molecule has 36 heavy (non-hydrogen) atoms. The highest BCUT2D eigenvalue weighted by molar-refractivity contribution is 6.31. The summed E-state index contributed by atoms with van der Waals surface area (Å²) in [4.78, 5) is 35.2. The van der Waals surface area contributed by atoms with Crippen molar-refractivity contribution in [1.29, 1.82) is 0 Å². The number of halogens is 1. The van der Waals surface area contributed by atoms with Crippen molar-refractivity contribution in [2.75, 3.05) is 0 Å². The molecule has 0 fully saturated rings. The Kier molecular flexibility index (Phi) is 6.35. The van der Waals surface area contributed by atoms with E-state index in [-0.39, 0.29) is 35.9 Å². The van der Waals surface area contributed by atoms with Crippen molar-refractivity contribution in [1.82, 2.24) is 25.0 Å². The average Bonchev–Trinajstić information content (AvgIpc) is 3.35. The van der Waals surface area contributed by atoms with Crippen molar-refractivity contribution in [3.63, 3.8) is 0 Å². The Morgan fingerprint density at radius 3 is 2.58 bits per heavy atom. The van der Waals surface area contributed by atoms with Crippen molar-refractivity contribution in [2.45, 2.75) is 26.9 Å². The van der Waals surface area contributed by atoms with E-state index in [0.717, 1.165) is 22.4 Å². The molecule has 0 aliphatic heterocycles. The zero-order valence-corrected chi connectivity index (χ0v) is 20.4. The van der Waals surface area contributed by atoms with Gasteiger partial charge in [-0.1, -0.05) is 59.2 Å². The molecule has 1 amide bonds. The summed E-state index contributed by atoms with van der Waals surface area (Å²) < 4.78 is 7.11. The molecular formula is C27H22ClN5O3. The van der Waals surface area contributed by atoms with E-state index in [4.69, 9.17) is 16.1 Å². The minimum Gasteiger partial charge on any atom is -0.350 e. The topological polar surface area (TPSA) is 103 Å². The number of nitrogens with zero attached hydrogens (tertiary/aromatic N) is 4. The van der Waals surface area contributed by atoms with Gasteiger partial charge >= 0.3 is 0 Å². The summed E-state index contributed by atoms with van der Waals surface area (Å²) in [5.74, 6) is 0.194. The Morgan fingerprint density at radius 1 is 1.00 bits per heavy atom. The van der Waals surface area contributed by atoms with Crippen LogP contribution in [-0.4, -0.2) is 25.6 Å². The summed E-state index contributed by atoms with van der Waals surface area (Å²) in [6, 6.07) is 18.4. The number of aryl methyl sites for hydroxylation is 2. The van der Waals surface area contributed by atoms with E-state index in [9.17, 15) is 9.59 Å². The standard InChI is InChI=1S/C27H22ClN5O3/c1-16-7-3-5-9-19(16)25-31-27(36-32-25)21-14-33(26-20(24(21)35)12-11-17(2)30-26)15-23(34)29-13-18-8-4-6-10-22(18)28/h3-12,14H,13,15H2,1-2H3,(H,29,34). The van der Waals surface area contributed by atoms with E-state index in [0.29, 0.717) is 21.9 Å². The van der Waals surface area contributed by atoms with Crippen LogP contribution in [0.2, 0.25) is 5.02 Å². The maximum Gasteiger partial charge on any atom is 0.263 e. The van der Waals surface area contributed by atoms with Gasteiger partial charge in [0.25, 0.3) is 5.89 Å². The molecule has 8 nitrogen and oxygen atoms in total. The van der Waals surface area contributed by atoms with Gasteiger partial charge in [-0.2, -0.15) is 4.98 Å². The number of carbonyl (C=O) groups excluding carboxylic acids is 1. The second-order valence-corrected chi connectivity index (χ2v) is 8.84. The number of fused-ring (bicyclic) bond motifs is 1. The fourth-order valence-electron chi connectivity index (χ4n) is 3.94. The van der Waals surface area contributed by atoms with Crippen LogP contribution in [0, 0.1) is 13.8 Å². The van der Waals surface area contributed by atoms with Gasteiger partial charge in [0.2, 0.25) is 17.2 Å². The number of amides is 1. The fraction of sp³-hybridized carbons (Fsp3) is 0.148. The van der Waals surface area contributed by atoms with E-state index >= 15 is 0 Å². The lowest BCUT2D eigenvalue weighted by atomic mass is 10.1. The SMILES string of the molecule is Cc1ccc2c(=O)c(-c3nc(-c4ccccc4C)no3)cn(CC(=O)NCc3ccccc3Cl)c2n1. The highest BCUT2D eigenvalue weighted by atomic mass is 35.5. The zero-order valence-electron chi connectivity index (χ0n) is 19.7. The molecule has 0 saturated heterocycles. The van der Waals surface area contributed by atoms with Crippen LogP contribution < -0.4 is 10.7 Å². The van der Waals surface area contributed by atoms with Gasteiger partial charge in [0.1, 0.15) is 17.8 Å². The molecule has 5 rings (SSSR count). The number of benzene rings is 2. The number of hydrogen-bond donors (Lipinski definition) is 1. The smallest absolute Gasteiger partial charge is 0.263 e. The van der Waals surface area contributed by atoms with Crippen LogP contribution in [0.25, 0.3) is 33.9 Å². The first-order valence-corrected chi connectivity index (χ1v) is 11.7. The molecular weight excluding hydrogens is 478 g/mol. The maximum atomic E-state index is 13.3. The van der Waals surface area contributed by atoms with Crippen LogP contribution in [0.3, 0.4) is 0 Å². The van der Waals surface area contributed by atoms with Crippen LogP contribution in [0.5, 0.6) is 0 Å². The number of hydrogen-bond acceptors (Lipinski definition) is 6. The molecule has 0 aliphatic carbocycles. The maximum absolute atomic E-state index is 13.3. The second-order valence-electron chi connectivity index (χ2n) is 8.43. The molecule has 0 saturated carbocycles. The van der Waals surface area contributed by atoms with Crippen molar-refractivity contribution < 1.29 is 9.32 Å². The monoisotopic (exact) mass is 499 g/mol. The first-order valence-electron chi connectivity index (χ1n) is 11.3. The molecule has 9 heteroatoms. The van der Waals surface area contributed by atoms with Gasteiger partial charge in [-0.3, -0.25) is 9.59 Å². The summed E-state index contributed by atoms with van der Waals surface area (Å²) in [6.45, 7) is 3.98. The minimum atomic E-state index is -0.301. The second kappa shape index (κ2) is 9.75. The van der Waals surface area contributed by atoms with Gasteiger partial charge in [-0.15, -0.1) is 0 Å². The van der Waals surface area contributed by atoms with Crippen LogP contribution in [0.4, 0.5) is 0 Å². The minimum absolute atomic E-state index is 0.0660. The summed E-state index contributed by atoms with van der Waals surface area (Å²) in [7, 11) is 0. The number of pyridine rings is 2. The molecule has 2 aromatic carbocycles. The Hall–Kier alpha value is -4.30.